The molecule has 1 aliphatic carbocycles. The molecule has 22 heavy (non-hydrogen) atoms. The second kappa shape index (κ2) is 7.11. The molecule has 1 heterocycles. The Bertz CT molecular complexity index is 594. The van der Waals surface area contributed by atoms with E-state index in [2.05, 4.69) is 28.2 Å². The lowest BCUT2D eigenvalue weighted by Gasteiger charge is -2.27. The van der Waals surface area contributed by atoms with E-state index in [0.29, 0.717) is 18.2 Å². The van der Waals surface area contributed by atoms with Gasteiger partial charge < -0.3 is 5.32 Å². The molecule has 4 nitrogen and oxygen atoms in total. The molecule has 2 N–H and O–H groups in total. The number of rotatable bonds is 5. The molecule has 0 bridgehead atoms. The summed E-state index contributed by atoms with van der Waals surface area (Å²) in [5.74, 6) is 0.638. The summed E-state index contributed by atoms with van der Waals surface area (Å²) in [4.78, 5) is 0. The zero-order valence-corrected chi connectivity index (χ0v) is 13.9. The Kier molecular flexibility index (Phi) is 5.16. The van der Waals surface area contributed by atoms with Gasteiger partial charge in [-0.3, -0.25) is 0 Å². The maximum atomic E-state index is 12.3. The first-order valence-electron chi connectivity index (χ1n) is 8.42. The van der Waals surface area contributed by atoms with Crippen LogP contribution in [0.2, 0.25) is 0 Å². The lowest BCUT2D eigenvalue weighted by molar-refractivity contribution is 0.383. The number of sulfonamides is 1. The van der Waals surface area contributed by atoms with Crippen molar-refractivity contribution in [1.82, 2.24) is 10.0 Å². The highest BCUT2D eigenvalue weighted by atomic mass is 32.2. The van der Waals surface area contributed by atoms with Crippen LogP contribution < -0.4 is 10.0 Å². The van der Waals surface area contributed by atoms with Crippen molar-refractivity contribution in [1.29, 1.82) is 0 Å². The van der Waals surface area contributed by atoms with Gasteiger partial charge in [0.1, 0.15) is 0 Å². The van der Waals surface area contributed by atoms with E-state index in [1.54, 1.807) is 0 Å². The number of benzene rings is 1. The molecule has 1 saturated carbocycles. The van der Waals surface area contributed by atoms with Gasteiger partial charge in [-0.1, -0.05) is 43.5 Å². The van der Waals surface area contributed by atoms with Crippen LogP contribution in [0.3, 0.4) is 0 Å². The topological polar surface area (TPSA) is 58.2 Å². The van der Waals surface area contributed by atoms with Gasteiger partial charge in [0.15, 0.2) is 0 Å². The highest BCUT2D eigenvalue weighted by Crippen LogP contribution is 2.25. The third-order valence-electron chi connectivity index (χ3n) is 4.90. The van der Waals surface area contributed by atoms with Crippen molar-refractivity contribution >= 4 is 10.0 Å². The molecular formula is C17H26N2O2S. The molecule has 1 atom stereocenters. The molecule has 0 aromatic heterocycles. The summed E-state index contributed by atoms with van der Waals surface area (Å²) in [5.41, 5.74) is 2.56. The largest absolute Gasteiger partial charge is 0.308 e. The molecule has 0 amide bonds. The third kappa shape index (κ3) is 4.09. The molecule has 1 aromatic rings. The first-order chi connectivity index (χ1) is 10.6. The Morgan fingerprint density at radius 3 is 2.73 bits per heavy atom. The van der Waals surface area contributed by atoms with Crippen molar-refractivity contribution < 1.29 is 8.42 Å². The van der Waals surface area contributed by atoms with Gasteiger partial charge in [0, 0.05) is 12.6 Å². The fourth-order valence-corrected chi connectivity index (χ4v) is 5.20. The fraction of sp³-hybridized carbons (Fsp3) is 0.647. The Labute approximate surface area is 133 Å². The normalized spacial score (nSPS) is 23.2. The van der Waals surface area contributed by atoms with Gasteiger partial charge in [-0.15, -0.1) is 0 Å². The lowest BCUT2D eigenvalue weighted by atomic mass is 9.91. The summed E-state index contributed by atoms with van der Waals surface area (Å²) in [6, 6.07) is 8.40. The van der Waals surface area contributed by atoms with Crippen molar-refractivity contribution in [3.63, 3.8) is 0 Å². The van der Waals surface area contributed by atoms with E-state index in [-0.39, 0.29) is 6.04 Å². The van der Waals surface area contributed by atoms with Crippen molar-refractivity contribution in [3.8, 4) is 0 Å². The molecule has 5 heteroatoms. The molecular weight excluding hydrogens is 296 g/mol. The van der Waals surface area contributed by atoms with Gasteiger partial charge in [-0.2, -0.15) is 0 Å². The maximum Gasteiger partial charge on any atom is 0.211 e. The first-order valence-corrected chi connectivity index (χ1v) is 10.1. The molecule has 2 aliphatic rings. The Morgan fingerprint density at radius 1 is 1.14 bits per heavy atom. The Balaban J connectivity index is 1.58. The van der Waals surface area contributed by atoms with E-state index in [1.807, 2.05) is 6.07 Å². The molecule has 1 aromatic carbocycles. The van der Waals surface area contributed by atoms with Crippen LogP contribution >= 0.6 is 0 Å². The van der Waals surface area contributed by atoms with Gasteiger partial charge >= 0.3 is 0 Å². The van der Waals surface area contributed by atoms with Crippen LogP contribution in [0.15, 0.2) is 24.3 Å². The van der Waals surface area contributed by atoms with E-state index in [1.165, 1.54) is 30.4 Å². The summed E-state index contributed by atoms with van der Waals surface area (Å²) >= 11 is 0. The molecule has 1 unspecified atom stereocenters. The van der Waals surface area contributed by atoms with Crippen LogP contribution in [-0.4, -0.2) is 27.3 Å². The van der Waals surface area contributed by atoms with Gasteiger partial charge in [-0.05, 0) is 42.9 Å². The summed E-state index contributed by atoms with van der Waals surface area (Å²) in [5, 5.41) is 3.42. The molecule has 122 valence electrons. The highest BCUT2D eigenvalue weighted by Gasteiger charge is 2.24. The van der Waals surface area contributed by atoms with E-state index >= 15 is 0 Å². The number of nitrogens with one attached hydrogen (secondary N) is 2. The maximum absolute atomic E-state index is 12.3. The minimum absolute atomic E-state index is 0.0890. The van der Waals surface area contributed by atoms with Crippen molar-refractivity contribution in [3.05, 3.63) is 35.4 Å². The standard InChI is InChI=1S/C17H26N2O2S/c20-22(21,13-14-6-2-1-3-7-14)19-12-17-16-9-5-4-8-15(16)10-11-18-17/h4-5,8-9,14,17-19H,1-3,6-7,10-13H2. The molecule has 1 aliphatic heterocycles. The monoisotopic (exact) mass is 322 g/mol. The van der Waals surface area contributed by atoms with Crippen LogP contribution in [0.25, 0.3) is 0 Å². The Hall–Kier alpha value is -0.910. The molecule has 0 spiro atoms. The van der Waals surface area contributed by atoms with Crippen LogP contribution in [0.4, 0.5) is 0 Å². The zero-order valence-electron chi connectivity index (χ0n) is 13.1. The van der Waals surface area contributed by atoms with Gasteiger partial charge in [0.25, 0.3) is 0 Å². The van der Waals surface area contributed by atoms with Gasteiger partial charge in [0.05, 0.1) is 5.75 Å². The highest BCUT2D eigenvalue weighted by molar-refractivity contribution is 7.89. The fourth-order valence-electron chi connectivity index (χ4n) is 3.71. The second-order valence-electron chi connectivity index (χ2n) is 6.59. The minimum atomic E-state index is -3.17. The minimum Gasteiger partial charge on any atom is -0.308 e. The van der Waals surface area contributed by atoms with Crippen LogP contribution in [0.1, 0.15) is 49.3 Å². The first kappa shape index (κ1) is 16.0. The van der Waals surface area contributed by atoms with E-state index in [4.69, 9.17) is 0 Å². The van der Waals surface area contributed by atoms with Crippen molar-refractivity contribution in [2.24, 2.45) is 5.92 Å². The molecule has 0 radical (unpaired) electrons. The number of hydrogen-bond acceptors (Lipinski definition) is 3. The molecule has 1 fully saturated rings. The van der Waals surface area contributed by atoms with E-state index in [9.17, 15) is 8.42 Å². The average molecular weight is 322 g/mol. The molecule has 0 saturated heterocycles. The zero-order chi connectivity index (χ0) is 15.4. The summed E-state index contributed by atoms with van der Waals surface area (Å²) < 4.78 is 27.5. The average Bonchev–Trinajstić information content (AvgIpc) is 2.53. The van der Waals surface area contributed by atoms with Crippen LogP contribution in [-0.2, 0) is 16.4 Å². The summed E-state index contributed by atoms with van der Waals surface area (Å²) in [6.45, 7) is 1.36. The van der Waals surface area contributed by atoms with Gasteiger partial charge in [0.2, 0.25) is 10.0 Å². The van der Waals surface area contributed by atoms with E-state index < -0.39 is 10.0 Å². The van der Waals surface area contributed by atoms with Crippen LogP contribution in [0, 0.1) is 5.92 Å². The van der Waals surface area contributed by atoms with Crippen molar-refractivity contribution in [2.45, 2.75) is 44.6 Å². The number of fused-ring (bicyclic) bond motifs is 1. The molecule has 3 rings (SSSR count). The number of hydrogen-bond donors (Lipinski definition) is 2. The Morgan fingerprint density at radius 2 is 1.91 bits per heavy atom. The predicted molar refractivity (Wildman–Crippen MR) is 89.3 cm³/mol. The predicted octanol–water partition coefficient (Wildman–Crippen LogP) is 2.37. The smallest absolute Gasteiger partial charge is 0.211 e. The lowest BCUT2D eigenvalue weighted by Crippen LogP contribution is -2.40. The summed E-state index contributed by atoms with van der Waals surface area (Å²) in [7, 11) is -3.17. The van der Waals surface area contributed by atoms with Crippen LogP contribution in [0.5, 0.6) is 0 Å². The van der Waals surface area contributed by atoms with Gasteiger partial charge in [-0.25, -0.2) is 13.1 Å². The second-order valence-corrected chi connectivity index (χ2v) is 8.44. The summed E-state index contributed by atoms with van der Waals surface area (Å²) in [6.07, 6.45) is 6.75. The van der Waals surface area contributed by atoms with E-state index in [0.717, 1.165) is 25.8 Å². The van der Waals surface area contributed by atoms with Crippen molar-refractivity contribution in [2.75, 3.05) is 18.8 Å². The SMILES string of the molecule is O=S(=O)(CC1CCCCC1)NCC1NCCc2ccccc21. The third-order valence-corrected chi connectivity index (χ3v) is 6.42. The quantitative estimate of drug-likeness (QED) is 0.875.